The fourth-order valence-electron chi connectivity index (χ4n) is 9.71. The number of fused-ring (bicyclic) bond motifs is 1. The third-order valence-corrected chi connectivity index (χ3v) is 15.5. The fraction of sp³-hybridized carbons (Fsp3) is 0.344. The van der Waals surface area contributed by atoms with E-state index in [0.29, 0.717) is 39.6 Å². The number of hydrogen-bond donors (Lipinski definition) is 16. The summed E-state index contributed by atoms with van der Waals surface area (Å²) in [6.07, 6.45) is -1.97. The molecule has 0 bridgehead atoms. The molecule has 25 nitrogen and oxygen atoms in total. The van der Waals surface area contributed by atoms with E-state index < -0.39 is 120 Å². The third-order valence-electron chi connectivity index (χ3n) is 14.8. The van der Waals surface area contributed by atoms with Crippen LogP contribution in [0.1, 0.15) is 58.8 Å². The van der Waals surface area contributed by atoms with Gasteiger partial charge >= 0.3 is 5.97 Å². The lowest BCUT2D eigenvalue weighted by Crippen LogP contribution is -2.64. The monoisotopic (exact) mass is 1290 g/mol. The zero-order chi connectivity index (χ0) is 66.1. The Morgan fingerprint density at radius 1 is 0.516 bits per heavy atom. The van der Waals surface area contributed by atoms with Gasteiger partial charge in [0.15, 0.2) is 6.17 Å². The molecule has 0 fully saturated rings. The molecule has 0 radical (unpaired) electrons. The molecule has 0 aliphatic carbocycles. The van der Waals surface area contributed by atoms with Gasteiger partial charge in [-0.05, 0) is 91.7 Å². The number of aromatic nitrogens is 1. The average Bonchev–Trinajstić information content (AvgIpc) is 3.40. The van der Waals surface area contributed by atoms with Crippen molar-refractivity contribution < 1.29 is 63.3 Å². The number of nitrogens with one attached hydrogen (secondary N) is 9. The summed E-state index contributed by atoms with van der Waals surface area (Å²) in [4.78, 5) is 145. The number of amides is 9. The topological polar surface area (TPSA) is 399 Å². The first-order chi connectivity index (χ1) is 43.6. The number of nitrogens with two attached hydrogens (primary N) is 2. The van der Waals surface area contributed by atoms with E-state index in [4.69, 9.17) is 11.5 Å². The maximum absolute atomic E-state index is 15.2. The molecule has 5 aromatic carbocycles. The van der Waals surface area contributed by atoms with Gasteiger partial charge in [0.25, 0.3) is 11.8 Å². The lowest BCUT2D eigenvalue weighted by atomic mass is 10.0. The Labute approximate surface area is 536 Å². The number of carbonyl (C=O) groups is 10. The number of carboxylic acid groups (broad SMARTS) is 1. The number of H-pyrrole nitrogens is 1. The lowest BCUT2D eigenvalue weighted by molar-refractivity contribution is -0.141. The van der Waals surface area contributed by atoms with E-state index >= 15 is 9.59 Å². The number of aliphatic hydroxyl groups excluding tert-OH is 1. The zero-order valence-corrected chi connectivity index (χ0v) is 51.9. The number of aromatic amines is 1. The van der Waals surface area contributed by atoms with Gasteiger partial charge in [0.2, 0.25) is 41.4 Å². The molecule has 484 valence electrons. The molecular weight excluding hydrogens is 1210 g/mol. The van der Waals surface area contributed by atoms with Crippen molar-refractivity contribution in [2.24, 2.45) is 11.5 Å². The van der Waals surface area contributed by atoms with E-state index in [0.717, 1.165) is 4.90 Å². The number of phenolic OH excluding ortho intramolecular Hbond substituents is 1. The van der Waals surface area contributed by atoms with E-state index in [1.54, 1.807) is 121 Å². The van der Waals surface area contributed by atoms with E-state index in [-0.39, 0.29) is 67.9 Å². The number of likely N-dealkylation sites (N-methyl/N-ethyl adjacent to an activating group) is 1. The molecule has 10 atom stereocenters. The second-order valence-corrected chi connectivity index (χ2v) is 22.4. The Balaban J connectivity index is 1.31. The summed E-state index contributed by atoms with van der Waals surface area (Å²) in [5, 5.41) is 51.8. The van der Waals surface area contributed by atoms with Crippen molar-refractivity contribution in [1.82, 2.24) is 52.4 Å². The molecular formula is C64H78N12O13S2. The summed E-state index contributed by atoms with van der Waals surface area (Å²) in [6, 6.07) is 26.2. The van der Waals surface area contributed by atoms with E-state index in [1.165, 1.54) is 38.2 Å². The highest BCUT2D eigenvalue weighted by Crippen LogP contribution is 2.21. The van der Waals surface area contributed by atoms with Crippen molar-refractivity contribution in [3.8, 4) is 5.75 Å². The van der Waals surface area contributed by atoms with Gasteiger partial charge in [-0.2, -0.15) is 25.3 Å². The first kappa shape index (κ1) is 70.8. The predicted molar refractivity (Wildman–Crippen MR) is 346 cm³/mol. The van der Waals surface area contributed by atoms with Gasteiger partial charge in [0, 0.05) is 60.5 Å². The van der Waals surface area contributed by atoms with Crippen LogP contribution >= 0.6 is 25.3 Å². The highest BCUT2D eigenvalue weighted by atomic mass is 32.1. The number of hydrogen-bond acceptors (Lipinski definition) is 16. The molecule has 1 aromatic heterocycles. The minimum absolute atomic E-state index is 0.0128. The number of unbranched alkanes of at least 4 members (excludes halogenated alkanes) is 1. The number of aromatic hydroxyl groups is 1. The molecule has 91 heavy (non-hydrogen) atoms. The minimum Gasteiger partial charge on any atom is -0.508 e. The number of aliphatic carboxylic acids is 1. The maximum Gasteiger partial charge on any atom is 0.327 e. The Kier molecular flexibility index (Phi) is 27.4. The van der Waals surface area contributed by atoms with Gasteiger partial charge < -0.3 is 79.2 Å². The maximum atomic E-state index is 15.2. The van der Waals surface area contributed by atoms with E-state index in [1.807, 2.05) is 0 Å². The third kappa shape index (κ3) is 21.2. The van der Waals surface area contributed by atoms with Crippen LogP contribution in [-0.4, -0.2) is 170 Å². The number of benzene rings is 5. The molecule has 1 heterocycles. The van der Waals surface area contributed by atoms with Gasteiger partial charge in [-0.25, -0.2) is 4.79 Å². The highest BCUT2D eigenvalue weighted by molar-refractivity contribution is 7.80. The summed E-state index contributed by atoms with van der Waals surface area (Å²) >= 11 is 8.35. The van der Waals surface area contributed by atoms with Crippen LogP contribution in [0.25, 0.3) is 10.9 Å². The molecule has 16 N–H and O–H groups in total. The Bertz CT molecular complexity index is 3440. The van der Waals surface area contributed by atoms with Crippen LogP contribution in [0.5, 0.6) is 5.75 Å². The van der Waals surface area contributed by atoms with Crippen LogP contribution in [0.4, 0.5) is 0 Å². The number of carbonyl (C=O) groups excluding carboxylic acids is 9. The summed E-state index contributed by atoms with van der Waals surface area (Å²) in [5.74, 6) is -10.2. The standard InChI is InChI=1S/C64H78N12O13S2/c1-37(77)53(61(85)70-48(31-38-16-6-3-7-17-38)57(81)73-52(36-91)64(88)89)74-56(80)47(24-14-15-29-65)68-58(82)50(33-42-34-67-46-23-13-12-22-44(42)46)71-62(86)54(76(2)63(87)41-20-10-5-11-21-41)75-59(83)49(32-39-18-8-4-9-19-39)69-60(84)51(35-90)72-55(79)45(66)30-40-25-27-43(78)28-26-40/h3-13,16-23,25-28,34,37,45,47-54,67,77-78,90-91H,14-15,24,29-33,35-36,65-66H2,1-2H3,(H,68,82)(H,69,84)(H,70,85)(H,71,86)(H,72,79)(H,73,81)(H,74,80)(H,75,83)(H,88,89)/t37-,45+,47+,48+,49+,50-,51+,52+,53+,54+/m1/s1. The Morgan fingerprint density at radius 3 is 1.54 bits per heavy atom. The molecule has 0 aliphatic heterocycles. The lowest BCUT2D eigenvalue weighted by Gasteiger charge is -2.32. The minimum atomic E-state index is -1.94. The Morgan fingerprint density at radius 2 is 0.978 bits per heavy atom. The van der Waals surface area contributed by atoms with Crippen LogP contribution in [0, 0.1) is 0 Å². The van der Waals surface area contributed by atoms with E-state index in [9.17, 15) is 53.7 Å². The summed E-state index contributed by atoms with van der Waals surface area (Å²) in [6.45, 7) is 1.39. The number of phenols is 1. The number of para-hydroxylation sites is 1. The largest absolute Gasteiger partial charge is 0.508 e. The zero-order valence-electron chi connectivity index (χ0n) is 50.1. The highest BCUT2D eigenvalue weighted by Gasteiger charge is 2.38. The SMILES string of the molecule is C[C@@H](O)[C@H](NC(=O)[C@H](CCCCN)NC(=O)[C@@H](Cc1c[nH]c2ccccc12)NC(=O)[C@@H](NC(=O)[C@H](Cc1ccccc1)NC(=O)[C@H](CS)NC(=O)[C@@H](N)Cc1ccc(O)cc1)N(C)C(=O)c1ccccc1)C(=O)N[C@@H](Cc1ccccc1)C(=O)N[C@@H](CS)C(=O)O. The number of aliphatic hydroxyl groups is 1. The quantitative estimate of drug-likeness (QED) is 0.0149. The molecule has 27 heteroatoms. The summed E-state index contributed by atoms with van der Waals surface area (Å²) < 4.78 is 0. The first-order valence-corrected chi connectivity index (χ1v) is 30.6. The van der Waals surface area contributed by atoms with Crippen LogP contribution in [0.15, 0.2) is 146 Å². The normalized spacial score (nSPS) is 14.4. The number of thiol groups is 2. The van der Waals surface area contributed by atoms with Gasteiger partial charge in [0.1, 0.15) is 48.0 Å². The van der Waals surface area contributed by atoms with Crippen molar-refractivity contribution in [2.45, 2.75) is 112 Å². The van der Waals surface area contributed by atoms with Gasteiger partial charge in [-0.3, -0.25) is 43.2 Å². The number of rotatable bonds is 34. The van der Waals surface area contributed by atoms with E-state index in [2.05, 4.69) is 72.8 Å². The van der Waals surface area contributed by atoms with Crippen LogP contribution in [0.2, 0.25) is 0 Å². The summed E-state index contributed by atoms with van der Waals surface area (Å²) in [7, 11) is 1.24. The second-order valence-electron chi connectivity index (χ2n) is 21.7. The van der Waals surface area contributed by atoms with Crippen molar-refractivity contribution in [3.05, 3.63) is 174 Å². The van der Waals surface area contributed by atoms with Crippen molar-refractivity contribution in [1.29, 1.82) is 0 Å². The van der Waals surface area contributed by atoms with Crippen molar-refractivity contribution in [2.75, 3.05) is 25.1 Å². The van der Waals surface area contributed by atoms with Crippen molar-refractivity contribution in [3.63, 3.8) is 0 Å². The molecule has 0 saturated heterocycles. The van der Waals surface area contributed by atoms with Crippen LogP contribution in [-0.2, 0) is 68.8 Å². The first-order valence-electron chi connectivity index (χ1n) is 29.3. The molecule has 0 unspecified atom stereocenters. The predicted octanol–water partition coefficient (Wildman–Crippen LogP) is 0.534. The average molecular weight is 1290 g/mol. The van der Waals surface area contributed by atoms with Gasteiger partial charge in [-0.1, -0.05) is 109 Å². The van der Waals surface area contributed by atoms with Crippen LogP contribution < -0.4 is 54.0 Å². The van der Waals surface area contributed by atoms with Crippen LogP contribution in [0.3, 0.4) is 0 Å². The van der Waals surface area contributed by atoms with Gasteiger partial charge in [0.05, 0.1) is 12.1 Å². The smallest absolute Gasteiger partial charge is 0.327 e. The second kappa shape index (κ2) is 35.2. The molecule has 6 rings (SSSR count). The van der Waals surface area contributed by atoms with Gasteiger partial charge in [-0.15, -0.1) is 0 Å². The molecule has 0 saturated carbocycles. The molecule has 0 aliphatic rings. The molecule has 0 spiro atoms. The fourth-order valence-corrected chi connectivity index (χ4v) is 10.2. The Hall–Kier alpha value is -9.28. The van der Waals surface area contributed by atoms with Crippen molar-refractivity contribution >= 4 is 95.3 Å². The summed E-state index contributed by atoms with van der Waals surface area (Å²) in [5.41, 5.74) is 15.1. The number of carboxylic acids is 1. The number of nitrogens with zero attached hydrogens (tertiary/aromatic N) is 1. The molecule has 9 amide bonds. The molecule has 6 aromatic rings.